The third-order valence-electron chi connectivity index (χ3n) is 3.27. The van der Waals surface area contributed by atoms with Gasteiger partial charge in [-0.2, -0.15) is 13.2 Å². The summed E-state index contributed by atoms with van der Waals surface area (Å²) in [7, 11) is 0. The van der Waals surface area contributed by atoms with Crippen LogP contribution in [-0.2, 0) is 11.0 Å². The number of nitrogens with zero attached hydrogens (tertiary/aromatic N) is 2. The highest BCUT2D eigenvalue weighted by Crippen LogP contribution is 2.27. The number of rotatable bonds is 6. The van der Waals surface area contributed by atoms with E-state index in [-0.39, 0.29) is 36.8 Å². The zero-order valence-electron chi connectivity index (χ0n) is 12.3. The summed E-state index contributed by atoms with van der Waals surface area (Å²) in [6, 6.07) is 1.03. The Bertz CT molecular complexity index is 509. The van der Waals surface area contributed by atoms with Crippen LogP contribution in [0, 0.1) is 0 Å². The number of anilines is 1. The Kier molecular flexibility index (Phi) is 7.50. The summed E-state index contributed by atoms with van der Waals surface area (Å²) in [4.78, 5) is 18.7. The predicted octanol–water partition coefficient (Wildman–Crippen LogP) is 1.59. The molecule has 1 aliphatic heterocycles. The first-order valence-electron chi connectivity index (χ1n) is 7.09. The first-order valence-corrected chi connectivity index (χ1v) is 7.09. The number of amides is 1. The quantitative estimate of drug-likeness (QED) is 0.677. The van der Waals surface area contributed by atoms with Crippen molar-refractivity contribution in [1.29, 1.82) is 0 Å². The molecule has 0 radical (unpaired) electrons. The van der Waals surface area contributed by atoms with Crippen LogP contribution in [0.3, 0.4) is 0 Å². The standard InChI is InChI=1S/C13H18F3N5O.ClH/c14-13(15,16)10-3-5-19-12(21-10)20-7-6-18-11(22)8-9-2-1-4-17-9;/h3,5,9,17H,1-2,4,6-8H2,(H,18,22)(H,19,20,21);1H. The number of hydrogen-bond acceptors (Lipinski definition) is 5. The van der Waals surface area contributed by atoms with E-state index in [1.165, 1.54) is 0 Å². The van der Waals surface area contributed by atoms with Crippen molar-refractivity contribution in [2.24, 2.45) is 0 Å². The fourth-order valence-electron chi connectivity index (χ4n) is 2.20. The maximum atomic E-state index is 12.5. The summed E-state index contributed by atoms with van der Waals surface area (Å²) in [5, 5.41) is 8.58. The molecule has 2 rings (SSSR count). The van der Waals surface area contributed by atoms with Gasteiger partial charge in [0.05, 0.1) is 0 Å². The third kappa shape index (κ3) is 6.57. The average Bonchev–Trinajstić information content (AvgIpc) is 2.96. The molecule has 0 bridgehead atoms. The van der Waals surface area contributed by atoms with E-state index in [9.17, 15) is 18.0 Å². The average molecular weight is 354 g/mol. The highest BCUT2D eigenvalue weighted by Gasteiger charge is 2.32. The van der Waals surface area contributed by atoms with Crippen molar-refractivity contribution in [1.82, 2.24) is 20.6 Å². The summed E-state index contributed by atoms with van der Waals surface area (Å²) in [5.41, 5.74) is -0.999. The van der Waals surface area contributed by atoms with Crippen LogP contribution < -0.4 is 16.0 Å². The van der Waals surface area contributed by atoms with Crippen LogP contribution in [0.5, 0.6) is 0 Å². The molecule has 1 aromatic rings. The number of aromatic nitrogens is 2. The number of alkyl halides is 3. The van der Waals surface area contributed by atoms with Crippen LogP contribution in [0.2, 0.25) is 0 Å². The number of halogens is 4. The molecule has 1 saturated heterocycles. The molecule has 1 atom stereocenters. The second-order valence-electron chi connectivity index (χ2n) is 5.04. The minimum absolute atomic E-state index is 0. The molecule has 6 nitrogen and oxygen atoms in total. The molecule has 1 aromatic heterocycles. The zero-order chi connectivity index (χ0) is 16.0. The molecule has 1 fully saturated rings. The molecule has 10 heteroatoms. The monoisotopic (exact) mass is 353 g/mol. The Labute approximate surface area is 138 Å². The summed E-state index contributed by atoms with van der Waals surface area (Å²) >= 11 is 0. The zero-order valence-corrected chi connectivity index (χ0v) is 13.1. The van der Waals surface area contributed by atoms with Crippen LogP contribution in [0.1, 0.15) is 25.0 Å². The molecule has 130 valence electrons. The molecular weight excluding hydrogens is 335 g/mol. The van der Waals surface area contributed by atoms with Gasteiger partial charge in [-0.3, -0.25) is 4.79 Å². The molecule has 0 saturated carbocycles. The highest BCUT2D eigenvalue weighted by atomic mass is 35.5. The van der Waals surface area contributed by atoms with E-state index >= 15 is 0 Å². The van der Waals surface area contributed by atoms with E-state index < -0.39 is 11.9 Å². The van der Waals surface area contributed by atoms with Crippen molar-refractivity contribution in [2.45, 2.75) is 31.5 Å². The number of hydrogen-bond donors (Lipinski definition) is 3. The number of carbonyl (C=O) groups is 1. The van der Waals surface area contributed by atoms with Crippen LogP contribution in [0.4, 0.5) is 19.1 Å². The Morgan fingerprint density at radius 1 is 1.39 bits per heavy atom. The van der Waals surface area contributed by atoms with Crippen molar-refractivity contribution in [2.75, 3.05) is 25.0 Å². The van der Waals surface area contributed by atoms with Gasteiger partial charge >= 0.3 is 6.18 Å². The van der Waals surface area contributed by atoms with Crippen molar-refractivity contribution in [3.05, 3.63) is 18.0 Å². The molecule has 1 amide bonds. The fraction of sp³-hybridized carbons (Fsp3) is 0.615. The topological polar surface area (TPSA) is 78.9 Å². The van der Waals surface area contributed by atoms with Gasteiger partial charge in [-0.1, -0.05) is 0 Å². The van der Waals surface area contributed by atoms with Gasteiger partial charge in [0.1, 0.15) is 5.69 Å². The van der Waals surface area contributed by atoms with Gasteiger partial charge in [-0.05, 0) is 25.5 Å². The second-order valence-corrected chi connectivity index (χ2v) is 5.04. The van der Waals surface area contributed by atoms with Crippen LogP contribution >= 0.6 is 12.4 Å². The second kappa shape index (κ2) is 8.88. The van der Waals surface area contributed by atoms with E-state index in [1.807, 2.05) is 0 Å². The Hall–Kier alpha value is -1.61. The van der Waals surface area contributed by atoms with Gasteiger partial charge in [0.15, 0.2) is 0 Å². The smallest absolute Gasteiger partial charge is 0.354 e. The first kappa shape index (κ1) is 19.4. The lowest BCUT2D eigenvalue weighted by molar-refractivity contribution is -0.141. The van der Waals surface area contributed by atoms with Crippen molar-refractivity contribution in [3.8, 4) is 0 Å². The minimum Gasteiger partial charge on any atom is -0.354 e. The van der Waals surface area contributed by atoms with Gasteiger partial charge in [0.25, 0.3) is 0 Å². The third-order valence-corrected chi connectivity index (χ3v) is 3.27. The molecule has 3 N–H and O–H groups in total. The molecule has 1 unspecified atom stereocenters. The summed E-state index contributed by atoms with van der Waals surface area (Å²) < 4.78 is 37.4. The molecule has 2 heterocycles. The normalized spacial score (nSPS) is 17.4. The number of carbonyl (C=O) groups excluding carboxylic acids is 1. The predicted molar refractivity (Wildman–Crippen MR) is 81.4 cm³/mol. The SMILES string of the molecule is Cl.O=C(CC1CCCN1)NCCNc1nccc(C(F)(F)F)n1. The summed E-state index contributed by atoms with van der Waals surface area (Å²) in [6.07, 6.45) is -0.972. The minimum atomic E-state index is -4.50. The first-order chi connectivity index (χ1) is 10.4. The van der Waals surface area contributed by atoms with Gasteiger partial charge in [-0.15, -0.1) is 12.4 Å². The maximum absolute atomic E-state index is 12.5. The van der Waals surface area contributed by atoms with Gasteiger partial charge in [-0.25, -0.2) is 9.97 Å². The Morgan fingerprint density at radius 2 is 2.17 bits per heavy atom. The Morgan fingerprint density at radius 3 is 2.83 bits per heavy atom. The lowest BCUT2D eigenvalue weighted by Crippen LogP contribution is -2.34. The lowest BCUT2D eigenvalue weighted by atomic mass is 10.1. The molecule has 0 aliphatic carbocycles. The van der Waals surface area contributed by atoms with Crippen LogP contribution in [-0.4, -0.2) is 41.6 Å². The number of nitrogens with one attached hydrogen (secondary N) is 3. The van der Waals surface area contributed by atoms with Crippen LogP contribution in [0.15, 0.2) is 12.3 Å². The van der Waals surface area contributed by atoms with E-state index in [0.29, 0.717) is 13.0 Å². The molecule has 0 spiro atoms. The fourth-order valence-corrected chi connectivity index (χ4v) is 2.20. The summed E-state index contributed by atoms with van der Waals surface area (Å²) in [6.45, 7) is 1.49. The molecule has 1 aliphatic rings. The van der Waals surface area contributed by atoms with Gasteiger partial charge in [0.2, 0.25) is 11.9 Å². The van der Waals surface area contributed by atoms with Crippen LogP contribution in [0.25, 0.3) is 0 Å². The molecular formula is C13H19ClF3N5O. The largest absolute Gasteiger partial charge is 0.433 e. The molecule has 0 aromatic carbocycles. The lowest BCUT2D eigenvalue weighted by Gasteiger charge is -2.11. The van der Waals surface area contributed by atoms with E-state index in [2.05, 4.69) is 25.9 Å². The Balaban J connectivity index is 0.00000264. The van der Waals surface area contributed by atoms with E-state index in [0.717, 1.165) is 31.6 Å². The van der Waals surface area contributed by atoms with Crippen molar-refractivity contribution >= 4 is 24.3 Å². The van der Waals surface area contributed by atoms with Crippen molar-refractivity contribution in [3.63, 3.8) is 0 Å². The highest BCUT2D eigenvalue weighted by molar-refractivity contribution is 5.85. The van der Waals surface area contributed by atoms with E-state index in [1.54, 1.807) is 0 Å². The summed E-state index contributed by atoms with van der Waals surface area (Å²) in [5.74, 6) is -0.187. The van der Waals surface area contributed by atoms with Crippen molar-refractivity contribution < 1.29 is 18.0 Å². The maximum Gasteiger partial charge on any atom is 0.433 e. The van der Waals surface area contributed by atoms with Gasteiger partial charge in [0, 0.05) is 31.7 Å². The molecule has 23 heavy (non-hydrogen) atoms. The van der Waals surface area contributed by atoms with E-state index in [4.69, 9.17) is 0 Å². The van der Waals surface area contributed by atoms with Gasteiger partial charge < -0.3 is 16.0 Å².